The molecular weight excluding hydrogens is 298 g/mol. The van der Waals surface area contributed by atoms with E-state index in [1.807, 2.05) is 0 Å². The highest BCUT2D eigenvalue weighted by Crippen LogP contribution is 2.29. The first-order valence-electron chi connectivity index (χ1n) is 5.74. The molecule has 0 bridgehead atoms. The molecule has 0 unspecified atom stereocenters. The first kappa shape index (κ1) is 14.9. The maximum atomic E-state index is 12.1. The Balaban J connectivity index is 2.32. The van der Waals surface area contributed by atoms with Crippen molar-refractivity contribution in [1.82, 2.24) is 4.98 Å². The van der Waals surface area contributed by atoms with Crippen LogP contribution in [-0.4, -0.2) is 18.3 Å². The van der Waals surface area contributed by atoms with Crippen LogP contribution in [0.5, 0.6) is 0 Å². The van der Waals surface area contributed by atoms with Crippen molar-refractivity contribution in [3.63, 3.8) is 0 Å². The molecule has 8 nitrogen and oxygen atoms in total. The van der Waals surface area contributed by atoms with Gasteiger partial charge in [0.25, 0.3) is 0 Å². The molecular formula is C12H11N3O5S. The Labute approximate surface area is 120 Å². The Kier molecular flexibility index (Phi) is 4.15. The number of hydrogen-bond acceptors (Lipinski definition) is 7. The van der Waals surface area contributed by atoms with Crippen molar-refractivity contribution in [2.24, 2.45) is 0 Å². The second kappa shape index (κ2) is 5.85. The topological polar surface area (TPSA) is 125 Å². The van der Waals surface area contributed by atoms with E-state index < -0.39 is 31.4 Å². The average Bonchev–Trinajstić information content (AvgIpc) is 2.46. The normalized spacial score (nSPS) is 11.2. The molecule has 21 heavy (non-hydrogen) atoms. The van der Waals surface area contributed by atoms with E-state index in [1.165, 1.54) is 0 Å². The van der Waals surface area contributed by atoms with Crippen molar-refractivity contribution >= 4 is 21.6 Å². The third-order valence-electron chi connectivity index (χ3n) is 2.59. The number of pyridine rings is 1. The molecule has 0 amide bonds. The summed E-state index contributed by atoms with van der Waals surface area (Å²) < 4.78 is 29.0. The zero-order valence-electron chi connectivity index (χ0n) is 10.7. The van der Waals surface area contributed by atoms with Crippen LogP contribution in [0.3, 0.4) is 0 Å². The molecule has 2 rings (SSSR count). The van der Waals surface area contributed by atoms with E-state index in [1.54, 1.807) is 30.3 Å². The number of nitrogen functional groups attached to an aromatic ring is 1. The van der Waals surface area contributed by atoms with E-state index in [0.29, 0.717) is 5.56 Å². The van der Waals surface area contributed by atoms with Crippen LogP contribution in [-0.2, 0) is 20.9 Å². The minimum Gasteiger partial charge on any atom is -0.378 e. The summed E-state index contributed by atoms with van der Waals surface area (Å²) in [6.45, 7) is -0.234. The van der Waals surface area contributed by atoms with Crippen LogP contribution in [0.2, 0.25) is 0 Å². The lowest BCUT2D eigenvalue weighted by atomic mass is 10.2. The number of nitrogens with two attached hydrogens (primary N) is 1. The Morgan fingerprint density at radius 3 is 2.52 bits per heavy atom. The number of rotatable bonds is 5. The smallest absolute Gasteiger partial charge is 0.332 e. The minimum absolute atomic E-state index is 0.234. The molecule has 2 aromatic rings. The molecule has 0 saturated carbocycles. The van der Waals surface area contributed by atoms with E-state index in [9.17, 15) is 18.5 Å². The first-order chi connectivity index (χ1) is 9.92. The lowest BCUT2D eigenvalue weighted by Crippen LogP contribution is -2.11. The van der Waals surface area contributed by atoms with Crippen LogP contribution in [0.25, 0.3) is 0 Å². The fourth-order valence-corrected chi connectivity index (χ4v) is 2.68. The second-order valence-corrected chi connectivity index (χ2v) is 5.59. The zero-order chi connectivity index (χ0) is 15.5. The van der Waals surface area contributed by atoms with Crippen molar-refractivity contribution < 1.29 is 17.5 Å². The van der Waals surface area contributed by atoms with Gasteiger partial charge in [-0.2, -0.15) is 8.42 Å². The van der Waals surface area contributed by atoms with Crippen LogP contribution in [0, 0.1) is 10.1 Å². The Hall–Kier alpha value is -2.52. The van der Waals surface area contributed by atoms with Gasteiger partial charge in [0.2, 0.25) is 5.82 Å². The van der Waals surface area contributed by atoms with Gasteiger partial charge in [0.05, 0.1) is 11.5 Å². The van der Waals surface area contributed by atoms with Gasteiger partial charge >= 0.3 is 15.8 Å². The third-order valence-corrected chi connectivity index (χ3v) is 3.89. The average molecular weight is 309 g/mol. The molecule has 0 aliphatic rings. The van der Waals surface area contributed by atoms with E-state index >= 15 is 0 Å². The SMILES string of the molecule is Nc1nccc(S(=O)(=O)OCc2ccccc2)c1[N+](=O)[O-]. The number of aromatic nitrogens is 1. The highest BCUT2D eigenvalue weighted by atomic mass is 32.2. The number of hydrogen-bond donors (Lipinski definition) is 1. The Morgan fingerprint density at radius 1 is 1.24 bits per heavy atom. The van der Waals surface area contributed by atoms with Gasteiger partial charge in [0, 0.05) is 6.20 Å². The molecule has 0 atom stereocenters. The summed E-state index contributed by atoms with van der Waals surface area (Å²) in [4.78, 5) is 12.9. The molecule has 0 saturated heterocycles. The van der Waals surface area contributed by atoms with Crippen molar-refractivity contribution in [3.8, 4) is 0 Å². The van der Waals surface area contributed by atoms with Crippen molar-refractivity contribution in [3.05, 3.63) is 58.3 Å². The lowest BCUT2D eigenvalue weighted by Gasteiger charge is -2.07. The molecule has 110 valence electrons. The molecule has 1 heterocycles. The zero-order valence-corrected chi connectivity index (χ0v) is 11.5. The van der Waals surface area contributed by atoms with Crippen LogP contribution in [0.1, 0.15) is 5.56 Å². The number of nitrogens with zero attached hydrogens (tertiary/aromatic N) is 2. The molecule has 0 radical (unpaired) electrons. The molecule has 1 aromatic heterocycles. The fraction of sp³-hybridized carbons (Fsp3) is 0.0833. The Bertz CT molecular complexity index is 762. The van der Waals surface area contributed by atoms with Crippen LogP contribution >= 0.6 is 0 Å². The summed E-state index contributed by atoms with van der Waals surface area (Å²) in [6.07, 6.45) is 1.07. The van der Waals surface area contributed by atoms with E-state index in [0.717, 1.165) is 12.3 Å². The molecule has 0 aliphatic heterocycles. The summed E-state index contributed by atoms with van der Waals surface area (Å²) in [5, 5.41) is 10.9. The predicted octanol–water partition coefficient (Wildman–Crippen LogP) is 1.48. The number of benzene rings is 1. The van der Waals surface area contributed by atoms with Gasteiger partial charge in [-0.05, 0) is 11.6 Å². The summed E-state index contributed by atoms with van der Waals surface area (Å²) in [5.74, 6) is -0.482. The second-order valence-electron chi connectivity index (χ2n) is 4.00. The molecule has 2 N–H and O–H groups in total. The molecule has 1 aromatic carbocycles. The molecule has 9 heteroatoms. The third kappa shape index (κ3) is 3.33. The highest BCUT2D eigenvalue weighted by molar-refractivity contribution is 7.86. The largest absolute Gasteiger partial charge is 0.378 e. The van der Waals surface area contributed by atoms with Crippen molar-refractivity contribution in [2.75, 3.05) is 5.73 Å². The monoisotopic (exact) mass is 309 g/mol. The van der Waals surface area contributed by atoms with Gasteiger partial charge in [-0.25, -0.2) is 4.98 Å². The van der Waals surface area contributed by atoms with Gasteiger partial charge < -0.3 is 5.73 Å². The van der Waals surface area contributed by atoms with Crippen LogP contribution in [0.15, 0.2) is 47.5 Å². The van der Waals surface area contributed by atoms with Gasteiger partial charge in [-0.1, -0.05) is 30.3 Å². The summed E-state index contributed by atoms with van der Waals surface area (Å²) >= 11 is 0. The summed E-state index contributed by atoms with van der Waals surface area (Å²) in [6, 6.07) is 9.54. The Morgan fingerprint density at radius 2 is 1.90 bits per heavy atom. The number of anilines is 1. The van der Waals surface area contributed by atoms with Crippen LogP contribution in [0.4, 0.5) is 11.5 Å². The molecule has 0 spiro atoms. The minimum atomic E-state index is -4.32. The van der Waals surface area contributed by atoms with Crippen molar-refractivity contribution in [2.45, 2.75) is 11.5 Å². The van der Waals surface area contributed by atoms with Gasteiger partial charge in [-0.15, -0.1) is 0 Å². The quantitative estimate of drug-likeness (QED) is 0.503. The van der Waals surface area contributed by atoms with Crippen molar-refractivity contribution in [1.29, 1.82) is 0 Å². The van der Waals surface area contributed by atoms with E-state index in [-0.39, 0.29) is 6.61 Å². The summed E-state index contributed by atoms with van der Waals surface area (Å²) in [7, 11) is -4.32. The predicted molar refractivity (Wildman–Crippen MR) is 73.7 cm³/mol. The lowest BCUT2D eigenvalue weighted by molar-refractivity contribution is -0.387. The first-order valence-corrected chi connectivity index (χ1v) is 7.15. The van der Waals surface area contributed by atoms with Gasteiger partial charge in [-0.3, -0.25) is 14.3 Å². The fourth-order valence-electron chi connectivity index (χ4n) is 1.62. The molecule has 0 aliphatic carbocycles. The maximum Gasteiger partial charge on any atom is 0.332 e. The summed E-state index contributed by atoms with van der Waals surface area (Å²) in [5.41, 5.74) is 5.18. The van der Waals surface area contributed by atoms with Crippen LogP contribution < -0.4 is 5.73 Å². The van der Waals surface area contributed by atoms with E-state index in [2.05, 4.69) is 4.98 Å². The number of nitro groups is 1. The highest BCUT2D eigenvalue weighted by Gasteiger charge is 2.30. The van der Waals surface area contributed by atoms with Gasteiger partial charge in [0.15, 0.2) is 4.90 Å². The standard InChI is InChI=1S/C12H11N3O5S/c13-12-11(15(16)17)10(6-7-14-12)21(18,19)20-8-9-4-2-1-3-5-9/h1-7H,8H2,(H2,13,14). The van der Waals surface area contributed by atoms with E-state index in [4.69, 9.17) is 9.92 Å². The van der Waals surface area contributed by atoms with Gasteiger partial charge in [0.1, 0.15) is 0 Å². The maximum absolute atomic E-state index is 12.1. The molecule has 0 fully saturated rings.